The van der Waals surface area contributed by atoms with Gasteiger partial charge in [-0.3, -0.25) is 4.79 Å². The monoisotopic (exact) mass is 445 g/mol. The Hall–Kier alpha value is -3.91. The van der Waals surface area contributed by atoms with Crippen LogP contribution in [-0.4, -0.2) is 41.9 Å². The van der Waals surface area contributed by atoms with Crippen LogP contribution >= 0.6 is 0 Å². The zero-order valence-electron chi connectivity index (χ0n) is 17.7. The van der Waals surface area contributed by atoms with Gasteiger partial charge in [0.15, 0.2) is 0 Å². The number of fused-ring (bicyclic) bond motifs is 1. The first-order valence-corrected chi connectivity index (χ1v) is 10.7. The van der Waals surface area contributed by atoms with Crippen molar-refractivity contribution in [2.24, 2.45) is 0 Å². The number of carbonyl (C=O) groups excluding carboxylic acids is 1. The van der Waals surface area contributed by atoms with Crippen LogP contribution in [0.3, 0.4) is 0 Å². The second kappa shape index (κ2) is 8.91. The van der Waals surface area contributed by atoms with E-state index in [-0.39, 0.29) is 17.2 Å². The number of para-hydroxylation sites is 1. The third-order valence-corrected chi connectivity index (χ3v) is 5.58. The van der Waals surface area contributed by atoms with E-state index in [4.69, 9.17) is 0 Å². The molecule has 1 aliphatic rings. The van der Waals surface area contributed by atoms with E-state index in [1.165, 1.54) is 30.3 Å². The fraction of sp³-hybridized carbons (Fsp3) is 0.160. The zero-order chi connectivity index (χ0) is 22.8. The number of piperazine rings is 1. The van der Waals surface area contributed by atoms with Crippen molar-refractivity contribution in [2.75, 3.05) is 36.4 Å². The van der Waals surface area contributed by atoms with Gasteiger partial charge in [0.1, 0.15) is 17.5 Å². The largest absolute Gasteiger partial charge is 0.367 e. The molecular weight excluding hydrogens is 424 g/mol. The Bertz CT molecular complexity index is 1320. The number of nitrogens with zero attached hydrogens (tertiary/aromatic N) is 3. The minimum Gasteiger partial charge on any atom is -0.367 e. The Morgan fingerprint density at radius 2 is 1.70 bits per heavy atom. The van der Waals surface area contributed by atoms with E-state index in [9.17, 15) is 13.6 Å². The summed E-state index contributed by atoms with van der Waals surface area (Å²) in [5.74, 6) is -0.826. The highest BCUT2D eigenvalue weighted by Gasteiger charge is 2.18. The second-order valence-electron chi connectivity index (χ2n) is 7.78. The van der Waals surface area contributed by atoms with Gasteiger partial charge in [-0.05, 0) is 54.6 Å². The lowest BCUT2D eigenvalue weighted by Gasteiger charge is -2.29. The van der Waals surface area contributed by atoms with E-state index >= 15 is 0 Å². The lowest BCUT2D eigenvalue weighted by molar-refractivity contribution is 0.103. The van der Waals surface area contributed by atoms with Crippen molar-refractivity contribution in [1.82, 2.24) is 15.3 Å². The number of benzene rings is 3. The van der Waals surface area contributed by atoms with Crippen molar-refractivity contribution in [2.45, 2.75) is 0 Å². The van der Waals surface area contributed by atoms with Gasteiger partial charge in [-0.1, -0.05) is 12.1 Å². The van der Waals surface area contributed by atoms with Crippen molar-refractivity contribution in [3.8, 4) is 0 Å². The highest BCUT2D eigenvalue weighted by Crippen LogP contribution is 2.28. The fourth-order valence-electron chi connectivity index (χ4n) is 3.89. The molecule has 4 aromatic rings. The number of nitrogens with one attached hydrogen (secondary N) is 2. The van der Waals surface area contributed by atoms with Gasteiger partial charge in [0, 0.05) is 42.8 Å². The second-order valence-corrected chi connectivity index (χ2v) is 7.78. The topological polar surface area (TPSA) is 70.2 Å². The molecule has 1 saturated heterocycles. The van der Waals surface area contributed by atoms with E-state index in [2.05, 4.69) is 20.6 Å². The van der Waals surface area contributed by atoms with Gasteiger partial charge >= 0.3 is 0 Å². The Morgan fingerprint density at radius 3 is 2.45 bits per heavy atom. The van der Waals surface area contributed by atoms with Crippen LogP contribution in [0.2, 0.25) is 0 Å². The molecule has 1 fully saturated rings. The molecule has 0 spiro atoms. The molecule has 2 heterocycles. The van der Waals surface area contributed by atoms with Crippen LogP contribution in [0, 0.1) is 11.6 Å². The highest BCUT2D eigenvalue weighted by molar-refractivity contribution is 6.08. The third-order valence-electron chi connectivity index (χ3n) is 5.58. The number of hydrogen-bond acceptors (Lipinski definition) is 6. The summed E-state index contributed by atoms with van der Waals surface area (Å²) in [7, 11) is 0. The number of ketones is 1. The Morgan fingerprint density at radius 1 is 0.939 bits per heavy atom. The van der Waals surface area contributed by atoms with E-state index in [1.54, 1.807) is 18.2 Å². The SMILES string of the molecule is O=C(c1ccc(F)cc1)c1nc(Nc2ccc(N3CCNCC3)c(F)c2)c2ccccc2n1. The van der Waals surface area contributed by atoms with Gasteiger partial charge < -0.3 is 15.5 Å². The van der Waals surface area contributed by atoms with Crippen molar-refractivity contribution in [3.63, 3.8) is 0 Å². The fourth-order valence-corrected chi connectivity index (χ4v) is 3.89. The Balaban J connectivity index is 1.49. The summed E-state index contributed by atoms with van der Waals surface area (Å²) in [4.78, 5) is 23.8. The van der Waals surface area contributed by atoms with Gasteiger partial charge in [-0.2, -0.15) is 0 Å². The molecule has 166 valence electrons. The number of aromatic nitrogens is 2. The molecule has 0 amide bonds. The smallest absolute Gasteiger partial charge is 0.230 e. The molecular formula is C25H21F2N5O. The predicted octanol–water partition coefficient (Wildman–Crippen LogP) is 4.29. The number of carbonyl (C=O) groups is 1. The first-order valence-electron chi connectivity index (χ1n) is 10.7. The lowest BCUT2D eigenvalue weighted by atomic mass is 10.1. The molecule has 3 aromatic carbocycles. The third kappa shape index (κ3) is 4.38. The van der Waals surface area contributed by atoms with Crippen molar-refractivity contribution in [3.05, 3.63) is 89.8 Å². The Labute approximate surface area is 189 Å². The van der Waals surface area contributed by atoms with Crippen molar-refractivity contribution in [1.29, 1.82) is 0 Å². The number of hydrogen-bond donors (Lipinski definition) is 2. The van der Waals surface area contributed by atoms with E-state index in [1.807, 2.05) is 23.1 Å². The molecule has 6 nitrogen and oxygen atoms in total. The average molecular weight is 445 g/mol. The van der Waals surface area contributed by atoms with E-state index in [0.29, 0.717) is 28.1 Å². The van der Waals surface area contributed by atoms with Gasteiger partial charge in [0.2, 0.25) is 11.6 Å². The summed E-state index contributed by atoms with van der Waals surface area (Å²) in [5.41, 5.74) is 1.92. The molecule has 1 aliphatic heterocycles. The summed E-state index contributed by atoms with van der Waals surface area (Å²) in [6.45, 7) is 3.12. The quantitative estimate of drug-likeness (QED) is 0.447. The van der Waals surface area contributed by atoms with Gasteiger partial charge in [0.25, 0.3) is 0 Å². The molecule has 0 aliphatic carbocycles. The van der Waals surface area contributed by atoms with Crippen LogP contribution < -0.4 is 15.5 Å². The predicted molar refractivity (Wildman–Crippen MR) is 124 cm³/mol. The van der Waals surface area contributed by atoms with E-state index in [0.717, 1.165) is 26.2 Å². The molecule has 0 saturated carbocycles. The molecule has 0 radical (unpaired) electrons. The van der Waals surface area contributed by atoms with E-state index < -0.39 is 11.6 Å². The van der Waals surface area contributed by atoms with Crippen LogP contribution in [0.15, 0.2) is 66.7 Å². The first kappa shape index (κ1) is 21.0. The lowest BCUT2D eigenvalue weighted by Crippen LogP contribution is -2.43. The van der Waals surface area contributed by atoms with Crippen LogP contribution in [-0.2, 0) is 0 Å². The number of rotatable bonds is 5. The summed E-state index contributed by atoms with van der Waals surface area (Å²) < 4.78 is 28.2. The van der Waals surface area contributed by atoms with Gasteiger partial charge in [-0.25, -0.2) is 18.7 Å². The standard InChI is InChI=1S/C25H21F2N5O/c26-17-7-5-16(6-8-17)23(33)25-30-21-4-2-1-3-19(21)24(31-25)29-18-9-10-22(20(27)15-18)32-13-11-28-12-14-32/h1-10,15,28H,11-14H2,(H,29,30,31). The first-order chi connectivity index (χ1) is 16.1. The summed E-state index contributed by atoms with van der Waals surface area (Å²) in [5, 5.41) is 7.09. The summed E-state index contributed by atoms with van der Waals surface area (Å²) in [6.07, 6.45) is 0. The minimum atomic E-state index is -0.431. The van der Waals surface area contributed by atoms with Crippen molar-refractivity contribution < 1.29 is 13.6 Å². The average Bonchev–Trinajstić information content (AvgIpc) is 2.84. The molecule has 0 unspecified atom stereocenters. The zero-order valence-corrected chi connectivity index (χ0v) is 17.7. The molecule has 33 heavy (non-hydrogen) atoms. The molecule has 5 rings (SSSR count). The summed E-state index contributed by atoms with van der Waals surface area (Å²) >= 11 is 0. The number of anilines is 3. The van der Waals surface area contributed by atoms with Crippen LogP contribution in [0.1, 0.15) is 16.2 Å². The summed E-state index contributed by atoms with van der Waals surface area (Å²) in [6, 6.07) is 17.4. The highest BCUT2D eigenvalue weighted by atomic mass is 19.1. The molecule has 2 N–H and O–H groups in total. The maximum Gasteiger partial charge on any atom is 0.230 e. The van der Waals surface area contributed by atoms with Crippen molar-refractivity contribution >= 4 is 33.9 Å². The molecule has 0 atom stereocenters. The van der Waals surface area contributed by atoms with Crippen LogP contribution in [0.5, 0.6) is 0 Å². The number of halogens is 2. The molecule has 1 aromatic heterocycles. The normalized spacial score (nSPS) is 13.8. The van der Waals surface area contributed by atoms with Gasteiger partial charge in [0.05, 0.1) is 11.2 Å². The maximum absolute atomic E-state index is 14.9. The van der Waals surface area contributed by atoms with Crippen LogP contribution in [0.4, 0.5) is 26.0 Å². The molecule has 0 bridgehead atoms. The molecule has 8 heteroatoms. The van der Waals surface area contributed by atoms with Gasteiger partial charge in [-0.15, -0.1) is 0 Å². The van der Waals surface area contributed by atoms with Crippen LogP contribution in [0.25, 0.3) is 10.9 Å². The Kier molecular flexibility index (Phi) is 5.66. The minimum absolute atomic E-state index is 0.0271. The maximum atomic E-state index is 14.9.